The molecule has 0 radical (unpaired) electrons. The lowest BCUT2D eigenvalue weighted by Crippen LogP contribution is -2.48. The van der Waals surface area contributed by atoms with E-state index in [1.54, 1.807) is 9.80 Å². The van der Waals surface area contributed by atoms with Crippen molar-refractivity contribution in [1.29, 1.82) is 0 Å². The summed E-state index contributed by atoms with van der Waals surface area (Å²) in [6.45, 7) is 4.42. The zero-order valence-corrected chi connectivity index (χ0v) is 11.4. The van der Waals surface area contributed by atoms with Gasteiger partial charge in [-0.1, -0.05) is 12.1 Å². The topological polar surface area (TPSA) is 56.4 Å². The Bertz CT molecular complexity index is 654. The monoisotopic (exact) mass is 271 g/mol. The van der Waals surface area contributed by atoms with E-state index in [4.69, 9.17) is 0 Å². The summed E-state index contributed by atoms with van der Waals surface area (Å²) in [5.41, 5.74) is 2.76. The fourth-order valence-corrected chi connectivity index (χ4v) is 2.62. The van der Waals surface area contributed by atoms with E-state index in [0.29, 0.717) is 31.9 Å². The highest BCUT2D eigenvalue weighted by molar-refractivity contribution is 5.98. The van der Waals surface area contributed by atoms with Gasteiger partial charge in [-0.05, 0) is 24.6 Å². The number of aromatic amines is 1. The maximum absolute atomic E-state index is 12.5. The van der Waals surface area contributed by atoms with Gasteiger partial charge in [-0.25, -0.2) is 0 Å². The molecule has 0 spiro atoms. The zero-order valence-electron chi connectivity index (χ0n) is 11.4. The van der Waals surface area contributed by atoms with E-state index in [2.05, 4.69) is 4.98 Å². The fraction of sp³-hybridized carbons (Fsp3) is 0.333. The van der Waals surface area contributed by atoms with Crippen LogP contribution in [0.15, 0.2) is 24.3 Å². The number of H-pyrrole nitrogens is 1. The Balaban J connectivity index is 1.82. The van der Waals surface area contributed by atoms with E-state index < -0.39 is 0 Å². The Hall–Kier alpha value is -2.30. The van der Waals surface area contributed by atoms with Crippen molar-refractivity contribution in [3.8, 4) is 0 Å². The average Bonchev–Trinajstić information content (AvgIpc) is 2.92. The van der Waals surface area contributed by atoms with Gasteiger partial charge in [-0.3, -0.25) is 9.59 Å². The predicted octanol–water partition coefficient (Wildman–Crippen LogP) is 1.39. The lowest BCUT2D eigenvalue weighted by atomic mass is 10.1. The molecule has 5 heteroatoms. The number of nitrogens with one attached hydrogen (secondary N) is 1. The Morgan fingerprint density at radius 2 is 2.00 bits per heavy atom. The van der Waals surface area contributed by atoms with Gasteiger partial charge in [0.15, 0.2) is 0 Å². The molecule has 1 N–H and O–H groups in total. The van der Waals surface area contributed by atoms with Crippen LogP contribution in [0.5, 0.6) is 0 Å². The van der Waals surface area contributed by atoms with Crippen molar-refractivity contribution in [3.63, 3.8) is 0 Å². The van der Waals surface area contributed by atoms with Gasteiger partial charge in [0.1, 0.15) is 5.69 Å². The summed E-state index contributed by atoms with van der Waals surface area (Å²) >= 11 is 0. The molecule has 1 aromatic carbocycles. The van der Waals surface area contributed by atoms with E-state index in [9.17, 15) is 9.59 Å². The predicted molar refractivity (Wildman–Crippen MR) is 76.6 cm³/mol. The molecule has 0 aliphatic carbocycles. The summed E-state index contributed by atoms with van der Waals surface area (Å²) in [6, 6.07) is 7.90. The number of rotatable bonds is 2. The van der Waals surface area contributed by atoms with Crippen LogP contribution in [0.3, 0.4) is 0 Å². The van der Waals surface area contributed by atoms with Gasteiger partial charge < -0.3 is 14.8 Å². The molecule has 1 saturated heterocycles. The number of carbonyl (C=O) groups is 2. The van der Waals surface area contributed by atoms with Crippen LogP contribution in [0.2, 0.25) is 0 Å². The van der Waals surface area contributed by atoms with Gasteiger partial charge in [0, 0.05) is 37.1 Å². The number of aromatic nitrogens is 1. The van der Waals surface area contributed by atoms with E-state index in [-0.39, 0.29) is 5.91 Å². The lowest BCUT2D eigenvalue weighted by Gasteiger charge is -2.32. The number of amides is 2. The van der Waals surface area contributed by atoms with E-state index in [1.807, 2.05) is 31.2 Å². The second-order valence-electron chi connectivity index (χ2n) is 5.15. The minimum Gasteiger partial charge on any atom is -0.351 e. The van der Waals surface area contributed by atoms with Crippen LogP contribution in [0, 0.1) is 6.92 Å². The minimum atomic E-state index is 0.00569. The second kappa shape index (κ2) is 5.00. The van der Waals surface area contributed by atoms with Gasteiger partial charge in [0.2, 0.25) is 6.41 Å². The molecule has 20 heavy (non-hydrogen) atoms. The number of piperazine rings is 1. The Kier molecular flexibility index (Phi) is 3.18. The van der Waals surface area contributed by atoms with Crippen LogP contribution < -0.4 is 0 Å². The number of hydrogen-bond donors (Lipinski definition) is 1. The molecule has 104 valence electrons. The zero-order chi connectivity index (χ0) is 14.1. The van der Waals surface area contributed by atoms with Crippen LogP contribution in [-0.2, 0) is 4.79 Å². The SMILES string of the molecule is Cc1cccc2[nH]c(C(=O)N3CCN(C=O)CC3)cc12. The van der Waals surface area contributed by atoms with Crippen LogP contribution >= 0.6 is 0 Å². The van der Waals surface area contributed by atoms with Crippen molar-refractivity contribution in [2.75, 3.05) is 26.2 Å². The molecule has 0 bridgehead atoms. The average molecular weight is 271 g/mol. The van der Waals surface area contributed by atoms with Crippen molar-refractivity contribution in [2.24, 2.45) is 0 Å². The van der Waals surface area contributed by atoms with Crippen molar-refractivity contribution in [3.05, 3.63) is 35.5 Å². The molecule has 1 aromatic heterocycles. The number of fused-ring (bicyclic) bond motifs is 1. The van der Waals surface area contributed by atoms with Gasteiger partial charge in [-0.15, -0.1) is 0 Å². The van der Waals surface area contributed by atoms with Gasteiger partial charge in [-0.2, -0.15) is 0 Å². The Morgan fingerprint density at radius 3 is 2.65 bits per heavy atom. The number of hydrogen-bond acceptors (Lipinski definition) is 2. The maximum Gasteiger partial charge on any atom is 0.270 e. The largest absolute Gasteiger partial charge is 0.351 e. The highest BCUT2D eigenvalue weighted by Gasteiger charge is 2.22. The molecule has 0 atom stereocenters. The van der Waals surface area contributed by atoms with Crippen LogP contribution in [0.1, 0.15) is 16.1 Å². The first-order chi connectivity index (χ1) is 9.69. The van der Waals surface area contributed by atoms with Crippen molar-refractivity contribution < 1.29 is 9.59 Å². The van der Waals surface area contributed by atoms with Crippen LogP contribution in [0.4, 0.5) is 0 Å². The van der Waals surface area contributed by atoms with E-state index in [1.165, 1.54) is 0 Å². The summed E-state index contributed by atoms with van der Waals surface area (Å²) in [7, 11) is 0. The van der Waals surface area contributed by atoms with Gasteiger partial charge in [0.25, 0.3) is 5.91 Å². The molecule has 2 amide bonds. The second-order valence-corrected chi connectivity index (χ2v) is 5.15. The third kappa shape index (κ3) is 2.15. The summed E-state index contributed by atoms with van der Waals surface area (Å²) in [5, 5.41) is 1.09. The fourth-order valence-electron chi connectivity index (χ4n) is 2.62. The molecule has 5 nitrogen and oxygen atoms in total. The van der Waals surface area contributed by atoms with Crippen LogP contribution in [-0.4, -0.2) is 53.3 Å². The number of benzene rings is 1. The quantitative estimate of drug-likeness (QED) is 0.839. The number of aryl methyl sites for hydroxylation is 1. The molecular weight excluding hydrogens is 254 g/mol. The summed E-state index contributed by atoms with van der Waals surface area (Å²) < 4.78 is 0. The summed E-state index contributed by atoms with van der Waals surface area (Å²) in [6.07, 6.45) is 0.841. The number of nitrogens with zero attached hydrogens (tertiary/aromatic N) is 2. The normalized spacial score (nSPS) is 15.7. The highest BCUT2D eigenvalue weighted by Crippen LogP contribution is 2.20. The first-order valence-electron chi connectivity index (χ1n) is 6.76. The van der Waals surface area contributed by atoms with Gasteiger partial charge in [0.05, 0.1) is 0 Å². The molecular formula is C15H17N3O2. The first kappa shape index (κ1) is 12.7. The van der Waals surface area contributed by atoms with Crippen molar-refractivity contribution in [2.45, 2.75) is 6.92 Å². The van der Waals surface area contributed by atoms with E-state index in [0.717, 1.165) is 22.9 Å². The van der Waals surface area contributed by atoms with Crippen molar-refractivity contribution in [1.82, 2.24) is 14.8 Å². The molecule has 0 saturated carbocycles. The summed E-state index contributed by atoms with van der Waals surface area (Å²) in [4.78, 5) is 29.8. The third-order valence-electron chi connectivity index (χ3n) is 3.86. The molecule has 0 unspecified atom stereocenters. The molecule has 2 aromatic rings. The van der Waals surface area contributed by atoms with Gasteiger partial charge >= 0.3 is 0 Å². The molecule has 1 fully saturated rings. The van der Waals surface area contributed by atoms with Crippen molar-refractivity contribution >= 4 is 23.2 Å². The lowest BCUT2D eigenvalue weighted by molar-refractivity contribution is -0.119. The Morgan fingerprint density at radius 1 is 1.25 bits per heavy atom. The summed E-state index contributed by atoms with van der Waals surface area (Å²) in [5.74, 6) is 0.00569. The highest BCUT2D eigenvalue weighted by atomic mass is 16.2. The van der Waals surface area contributed by atoms with E-state index >= 15 is 0 Å². The molecule has 2 heterocycles. The minimum absolute atomic E-state index is 0.00569. The maximum atomic E-state index is 12.5. The standard InChI is InChI=1S/C15H17N3O2/c1-11-3-2-4-13-12(11)9-14(16-13)15(20)18-7-5-17(10-19)6-8-18/h2-4,9-10,16H,5-8H2,1H3. The number of carbonyl (C=O) groups excluding carboxylic acids is 2. The molecule has 1 aliphatic rings. The molecule has 3 rings (SSSR count). The Labute approximate surface area is 117 Å². The third-order valence-corrected chi connectivity index (χ3v) is 3.86. The molecule has 1 aliphatic heterocycles. The smallest absolute Gasteiger partial charge is 0.270 e. The first-order valence-corrected chi connectivity index (χ1v) is 6.76. The van der Waals surface area contributed by atoms with Crippen LogP contribution in [0.25, 0.3) is 10.9 Å².